The van der Waals surface area contributed by atoms with Gasteiger partial charge in [0.25, 0.3) is 0 Å². The molecule has 3 heteroatoms. The molecule has 0 nitrogen and oxygen atoms in total. The van der Waals surface area contributed by atoms with Crippen LogP contribution in [0.1, 0.15) is 27.8 Å². The van der Waals surface area contributed by atoms with Gasteiger partial charge in [-0.1, -0.05) is 66.7 Å². The molecule has 0 radical (unpaired) electrons. The Hall–Kier alpha value is -1.86. The van der Waals surface area contributed by atoms with Crippen molar-refractivity contribution in [3.63, 3.8) is 0 Å². The Balaban J connectivity index is 1.40. The molecule has 0 N–H and O–H groups in total. The summed E-state index contributed by atoms with van der Waals surface area (Å²) in [6.07, 6.45) is 12.7. The summed E-state index contributed by atoms with van der Waals surface area (Å²) in [6.45, 7) is 0. The monoisotopic (exact) mass is 596 g/mol. The first kappa shape index (κ1) is 22.8. The quantitative estimate of drug-likeness (QED) is 0.101. The minimum absolute atomic E-state index is 1.02. The maximum absolute atomic E-state index is 2.23. The molecule has 3 aromatic rings. The molecule has 0 saturated carbocycles. The molecule has 0 atom stereocenters. The zero-order chi connectivity index (χ0) is 20.9. The van der Waals surface area contributed by atoms with E-state index in [1.807, 2.05) is 27.7 Å². The number of rotatable bonds is 10. The first-order valence-corrected chi connectivity index (χ1v) is 14.0. The topological polar surface area (TPSA) is 0 Å². The van der Waals surface area contributed by atoms with Gasteiger partial charge in [0.2, 0.25) is 0 Å². The van der Waals surface area contributed by atoms with E-state index in [0.717, 1.165) is 11.5 Å². The van der Waals surface area contributed by atoms with Crippen LogP contribution >= 0.6 is 21.6 Å². The normalized spacial score (nSPS) is 11.6. The van der Waals surface area contributed by atoms with Crippen LogP contribution in [0.4, 0.5) is 0 Å². The Labute approximate surface area is 199 Å². The first-order valence-electron chi connectivity index (χ1n) is 9.77. The molecule has 0 amide bonds. The second-order valence-corrected chi connectivity index (χ2v) is 10.1. The summed E-state index contributed by atoms with van der Waals surface area (Å²) in [5.41, 5.74) is 6.44. The predicted octanol–water partition coefficient (Wildman–Crippen LogP) is 7.86. The van der Waals surface area contributed by atoms with Crippen molar-refractivity contribution in [1.29, 1.82) is 0 Å². The Morgan fingerprint density at radius 3 is 1.57 bits per heavy atom. The molecule has 0 aliphatic carbocycles. The Bertz CT molecular complexity index is 985. The molecule has 3 aromatic carbocycles. The van der Waals surface area contributed by atoms with Crippen LogP contribution in [0.25, 0.3) is 18.2 Å². The van der Waals surface area contributed by atoms with E-state index in [1.54, 1.807) is 0 Å². The van der Waals surface area contributed by atoms with Crippen molar-refractivity contribution in [1.82, 2.24) is 0 Å². The van der Waals surface area contributed by atoms with Crippen LogP contribution in [0.15, 0.2) is 97.1 Å². The molecular formula is C27H24S2W. The third kappa shape index (κ3) is 8.48. The predicted molar refractivity (Wildman–Crippen MR) is 135 cm³/mol. The molecule has 30 heavy (non-hydrogen) atoms. The Morgan fingerprint density at radius 2 is 1.03 bits per heavy atom. The Kier molecular flexibility index (Phi) is 10.2. The van der Waals surface area contributed by atoms with Crippen LogP contribution in [-0.2, 0) is 30.9 Å². The van der Waals surface area contributed by atoms with Gasteiger partial charge in [0.1, 0.15) is 0 Å². The average molecular weight is 596 g/mol. The molecule has 0 aromatic heterocycles. The van der Waals surface area contributed by atoms with Crippen molar-refractivity contribution in [3.8, 4) is 0 Å². The summed E-state index contributed by atoms with van der Waals surface area (Å²) < 4.78 is 2.11. The van der Waals surface area contributed by atoms with E-state index < -0.39 is 0 Å². The van der Waals surface area contributed by atoms with Crippen LogP contribution in [0.2, 0.25) is 0 Å². The van der Waals surface area contributed by atoms with Crippen molar-refractivity contribution in [3.05, 3.63) is 125 Å². The summed E-state index contributed by atoms with van der Waals surface area (Å²) in [7, 11) is 3.83. The molecule has 150 valence electrons. The van der Waals surface area contributed by atoms with Gasteiger partial charge in [-0.05, 0) is 16.7 Å². The van der Waals surface area contributed by atoms with Crippen molar-refractivity contribution in [2.24, 2.45) is 0 Å². The van der Waals surface area contributed by atoms with Crippen LogP contribution < -0.4 is 0 Å². The van der Waals surface area contributed by atoms with Crippen molar-refractivity contribution < 1.29 is 19.4 Å². The summed E-state index contributed by atoms with van der Waals surface area (Å²) in [5.74, 6) is 2.05. The molecular weight excluding hydrogens is 572 g/mol. The van der Waals surface area contributed by atoms with E-state index in [-0.39, 0.29) is 0 Å². The van der Waals surface area contributed by atoms with E-state index in [0.29, 0.717) is 0 Å². The number of hydrogen-bond donors (Lipinski definition) is 0. The third-order valence-corrected chi connectivity index (χ3v) is 7.19. The fourth-order valence-electron chi connectivity index (χ4n) is 2.70. The second kappa shape index (κ2) is 13.4. The van der Waals surface area contributed by atoms with Crippen LogP contribution in [-0.4, -0.2) is 4.40 Å². The molecule has 0 fully saturated rings. The van der Waals surface area contributed by atoms with Gasteiger partial charge in [-0.25, -0.2) is 0 Å². The van der Waals surface area contributed by atoms with E-state index in [9.17, 15) is 0 Å². The fraction of sp³-hybridized carbons (Fsp3) is 0.0741. The molecule has 0 bridgehead atoms. The number of hydrogen-bond acceptors (Lipinski definition) is 2. The molecule has 0 spiro atoms. The third-order valence-electron chi connectivity index (χ3n) is 4.35. The van der Waals surface area contributed by atoms with Crippen molar-refractivity contribution >= 4 is 44.2 Å². The molecule has 0 unspecified atom stereocenters. The molecule has 3 rings (SSSR count). The van der Waals surface area contributed by atoms with Gasteiger partial charge in [0.15, 0.2) is 0 Å². The van der Waals surface area contributed by atoms with Gasteiger partial charge in [-0.15, -0.1) is 0 Å². The number of allylic oxidation sites excluding steroid dienone is 3. The summed E-state index contributed by atoms with van der Waals surface area (Å²) in [4.78, 5) is 0. The Morgan fingerprint density at radius 1 is 0.533 bits per heavy atom. The summed E-state index contributed by atoms with van der Waals surface area (Å²) >= 11 is 1.47. The van der Waals surface area contributed by atoms with Gasteiger partial charge >= 0.3 is 111 Å². The molecule has 0 aliphatic heterocycles. The minimum atomic E-state index is 1.02. The van der Waals surface area contributed by atoms with E-state index in [1.165, 1.54) is 47.2 Å². The summed E-state index contributed by atoms with van der Waals surface area (Å²) in [5, 5.41) is 0. The van der Waals surface area contributed by atoms with Gasteiger partial charge in [0.05, 0.1) is 0 Å². The molecule has 0 saturated heterocycles. The van der Waals surface area contributed by atoms with E-state index in [4.69, 9.17) is 0 Å². The van der Waals surface area contributed by atoms with Gasteiger partial charge in [0, 0.05) is 5.75 Å². The van der Waals surface area contributed by atoms with Crippen LogP contribution in [0.5, 0.6) is 0 Å². The summed E-state index contributed by atoms with van der Waals surface area (Å²) in [6, 6.07) is 28.1. The number of benzene rings is 3. The van der Waals surface area contributed by atoms with E-state index >= 15 is 0 Å². The van der Waals surface area contributed by atoms with Crippen LogP contribution in [0.3, 0.4) is 0 Å². The molecule has 0 heterocycles. The van der Waals surface area contributed by atoms with Gasteiger partial charge in [-0.2, -0.15) is 0 Å². The average Bonchev–Trinajstić information content (AvgIpc) is 2.80. The van der Waals surface area contributed by atoms with Crippen LogP contribution in [0, 0.1) is 0 Å². The van der Waals surface area contributed by atoms with Gasteiger partial charge < -0.3 is 0 Å². The van der Waals surface area contributed by atoms with Crippen molar-refractivity contribution in [2.75, 3.05) is 0 Å². The first-order chi connectivity index (χ1) is 14.8. The maximum atomic E-state index is 2.23. The van der Waals surface area contributed by atoms with Gasteiger partial charge in [-0.3, -0.25) is 0 Å². The van der Waals surface area contributed by atoms with Crippen molar-refractivity contribution in [2.45, 2.75) is 11.5 Å². The molecule has 0 aliphatic rings. The second-order valence-electron chi connectivity index (χ2n) is 6.63. The standard InChI is InChI=1S/C27H24S2.W/c1-2-3-5-8-24-13-17-26(18-14-24)21-28-29-22-27-19-15-25(16-20-27)12-11-23-9-6-4-7-10-23;/h1-20H,21-22H2;/b3-2?,8-5+,12-11+;. The zero-order valence-electron chi connectivity index (χ0n) is 16.7. The fourth-order valence-corrected chi connectivity index (χ4v) is 5.17. The zero-order valence-corrected chi connectivity index (χ0v) is 21.3. The van der Waals surface area contributed by atoms with E-state index in [2.05, 4.69) is 114 Å². The SMILES string of the molecule is [W]=[CH]C=C/C=C/c1ccc(CSSCc2ccc(/C=C/c3ccccc3)cc2)cc1.